The largest absolute Gasteiger partial charge is 0.478 e. The second-order valence-electron chi connectivity index (χ2n) is 16.0. The molecule has 4 aromatic carbocycles. The lowest BCUT2D eigenvalue weighted by Crippen LogP contribution is -2.28. The number of carbonyl (C=O) groups excluding carboxylic acids is 2. The number of carboxylic acids is 1. The molecule has 2 amide bonds. The molecule has 0 aliphatic heterocycles. The Bertz CT molecular complexity index is 3390. The van der Waals surface area contributed by atoms with Crippen LogP contribution >= 0.6 is 11.6 Å². The van der Waals surface area contributed by atoms with E-state index in [4.69, 9.17) is 18.0 Å². The molecule has 4 heterocycles. The van der Waals surface area contributed by atoms with E-state index in [-0.39, 0.29) is 63.5 Å². The van der Waals surface area contributed by atoms with Crippen molar-refractivity contribution in [2.24, 2.45) is 0 Å². The van der Waals surface area contributed by atoms with Gasteiger partial charge in [-0.05, 0) is 102 Å². The number of H-pyrrole nitrogens is 2. The first-order chi connectivity index (χ1) is 33.5. The Morgan fingerprint density at radius 3 is 1.96 bits per heavy atom. The number of hydrogen-bond donors (Lipinski definition) is 7. The number of halogens is 6. The molecule has 0 spiro atoms. The van der Waals surface area contributed by atoms with E-state index in [1.807, 2.05) is 25.1 Å². The molecule has 16 nitrogen and oxygen atoms in total. The fourth-order valence-corrected chi connectivity index (χ4v) is 8.14. The number of fused-ring (bicyclic) bond motifs is 3. The summed E-state index contributed by atoms with van der Waals surface area (Å²) in [7, 11) is 0. The molecule has 0 bridgehead atoms. The molecule has 0 radical (unpaired) electrons. The molecule has 1 atom stereocenters. The number of hydrogen-bond acceptors (Lipinski definition) is 11. The first kappa shape index (κ1) is 48.0. The number of amides is 2. The summed E-state index contributed by atoms with van der Waals surface area (Å²) in [6.07, 6.45) is 4.32. The molecule has 70 heavy (non-hydrogen) atoms. The third-order valence-corrected chi connectivity index (χ3v) is 11.8. The highest BCUT2D eigenvalue weighted by atomic mass is 35.5. The van der Waals surface area contributed by atoms with Crippen LogP contribution in [0.2, 0.25) is 5.02 Å². The smallest absolute Gasteiger partial charge is 0.419 e. The zero-order chi connectivity index (χ0) is 49.9. The van der Waals surface area contributed by atoms with Crippen LogP contribution in [0.15, 0.2) is 79.4 Å². The average molecular weight is 977 g/mol. The van der Waals surface area contributed by atoms with Crippen molar-refractivity contribution in [2.45, 2.75) is 58.5 Å². The second kappa shape index (κ2) is 20.0. The van der Waals surface area contributed by atoms with Crippen LogP contribution in [-0.4, -0.2) is 63.2 Å². The van der Waals surface area contributed by atoms with E-state index in [1.165, 1.54) is 36.9 Å². The number of aromatic carboxylic acids is 1. The standard InChI is InChI=1S/C25H20F4N6O3.C23H18ClFN6O/c1-11-13-5-7-18(15(13)4-3-14(11)24(37)38)33-23(36)21-19-20(31-10-32-21)22(35-34-19)30-9-12-2-6-17(26)16(8-12)25(27,28)29;1-3-16-6-4-14(8-13(16)2)10-26-22-20-19(30-31-22)21(29-12-28-20)23(32)27-11-15-5-7-18(25)17(24)9-15/h2-4,6,8,10,18H,5,7,9H2,1H3,(H,33,36)(H,37,38)(H2,30,34,35);1,4-9,12H,10-11H2,2H3,(H,27,32)(H2,26,30,31)/t18-;/m0./s1. The Labute approximate surface area is 398 Å². The lowest BCUT2D eigenvalue weighted by molar-refractivity contribution is -0.140. The summed E-state index contributed by atoms with van der Waals surface area (Å²) >= 11 is 5.79. The van der Waals surface area contributed by atoms with Gasteiger partial charge in [-0.25, -0.2) is 33.5 Å². The highest BCUT2D eigenvalue weighted by molar-refractivity contribution is 6.30. The van der Waals surface area contributed by atoms with Crippen molar-refractivity contribution in [3.8, 4) is 12.3 Å². The summed E-state index contributed by atoms with van der Waals surface area (Å²) in [5.41, 5.74) is 6.53. The Hall–Kier alpha value is -8.51. The van der Waals surface area contributed by atoms with E-state index in [0.29, 0.717) is 53.4 Å². The molecule has 356 valence electrons. The third-order valence-electron chi connectivity index (χ3n) is 11.5. The fraction of sp³-hybridized carbons (Fsp3) is 0.188. The van der Waals surface area contributed by atoms with E-state index in [0.717, 1.165) is 33.9 Å². The Balaban J connectivity index is 0.000000191. The van der Waals surface area contributed by atoms with Crippen LogP contribution in [0.4, 0.5) is 33.6 Å². The SMILES string of the molecule is C#Cc1ccc(CNc2n[nH]c3c(C(=O)NCc4ccc(F)c(Cl)c4)ncnc23)cc1C.Cc1c(C(=O)O)ccc2c1CC[C@@H]2NC(=O)c1ncnc2c(NCc3ccc(F)c(C(F)(F)F)c3)n[nH]c12. The van der Waals surface area contributed by atoms with Crippen LogP contribution in [0, 0.1) is 37.8 Å². The van der Waals surface area contributed by atoms with Crippen LogP contribution in [0.5, 0.6) is 0 Å². The summed E-state index contributed by atoms with van der Waals surface area (Å²) in [6, 6.07) is 15.7. The van der Waals surface area contributed by atoms with E-state index < -0.39 is 41.2 Å². The molecule has 1 aliphatic carbocycles. The van der Waals surface area contributed by atoms with Gasteiger partial charge in [0.25, 0.3) is 11.8 Å². The van der Waals surface area contributed by atoms with Crippen molar-refractivity contribution in [3.05, 3.63) is 163 Å². The number of carboxylic acid groups (broad SMARTS) is 1. The minimum Gasteiger partial charge on any atom is -0.478 e. The van der Waals surface area contributed by atoms with Gasteiger partial charge in [-0.15, -0.1) is 6.42 Å². The maximum atomic E-state index is 13.6. The number of alkyl halides is 3. The van der Waals surface area contributed by atoms with Crippen molar-refractivity contribution in [2.75, 3.05) is 10.6 Å². The summed E-state index contributed by atoms with van der Waals surface area (Å²) in [5.74, 6) is -0.490. The molecule has 1 aliphatic rings. The number of terminal acetylenes is 1. The Kier molecular flexibility index (Phi) is 13.7. The Morgan fingerprint density at radius 2 is 1.37 bits per heavy atom. The van der Waals surface area contributed by atoms with E-state index >= 15 is 0 Å². The van der Waals surface area contributed by atoms with Gasteiger partial charge in [0.1, 0.15) is 46.4 Å². The maximum absolute atomic E-state index is 13.6. The summed E-state index contributed by atoms with van der Waals surface area (Å²) in [5, 5.41) is 34.9. The van der Waals surface area contributed by atoms with Gasteiger partial charge in [-0.1, -0.05) is 47.9 Å². The van der Waals surface area contributed by atoms with Crippen LogP contribution in [0.25, 0.3) is 22.1 Å². The van der Waals surface area contributed by atoms with Crippen molar-refractivity contribution < 1.29 is 41.4 Å². The lowest BCUT2D eigenvalue weighted by atomic mass is 9.98. The number of nitrogens with one attached hydrogen (secondary N) is 6. The van der Waals surface area contributed by atoms with Gasteiger partial charge in [-0.2, -0.15) is 23.4 Å². The molecule has 0 unspecified atom stereocenters. The van der Waals surface area contributed by atoms with E-state index in [2.05, 4.69) is 67.5 Å². The molecule has 7 N–H and O–H groups in total. The lowest BCUT2D eigenvalue weighted by Gasteiger charge is -2.15. The van der Waals surface area contributed by atoms with Gasteiger partial charge < -0.3 is 26.4 Å². The highest BCUT2D eigenvalue weighted by Gasteiger charge is 2.34. The number of nitrogens with zero attached hydrogens (tertiary/aromatic N) is 6. The van der Waals surface area contributed by atoms with Crippen molar-refractivity contribution in [3.63, 3.8) is 0 Å². The Morgan fingerprint density at radius 1 is 0.786 bits per heavy atom. The molecule has 9 rings (SSSR count). The third kappa shape index (κ3) is 10.2. The number of rotatable bonds is 12. The number of aryl methyl sites for hydroxylation is 1. The molecular formula is C48H38ClF5N12O4. The van der Waals surface area contributed by atoms with E-state index in [9.17, 15) is 41.4 Å². The highest BCUT2D eigenvalue weighted by Crippen LogP contribution is 2.36. The van der Waals surface area contributed by atoms with Gasteiger partial charge in [0.15, 0.2) is 23.0 Å². The first-order valence-electron chi connectivity index (χ1n) is 21.2. The monoisotopic (exact) mass is 976 g/mol. The first-order valence-corrected chi connectivity index (χ1v) is 21.5. The van der Waals surface area contributed by atoms with Crippen molar-refractivity contribution in [1.82, 2.24) is 51.0 Å². The predicted octanol–water partition coefficient (Wildman–Crippen LogP) is 8.52. The van der Waals surface area contributed by atoms with Crippen molar-refractivity contribution in [1.29, 1.82) is 0 Å². The summed E-state index contributed by atoms with van der Waals surface area (Å²) in [6.45, 7) is 4.26. The van der Waals surface area contributed by atoms with Crippen molar-refractivity contribution >= 4 is 63.1 Å². The van der Waals surface area contributed by atoms with Crippen LogP contribution in [-0.2, 0) is 32.2 Å². The molecule has 4 aromatic heterocycles. The quantitative estimate of drug-likeness (QED) is 0.0452. The van der Waals surface area contributed by atoms with Gasteiger partial charge in [0.2, 0.25) is 0 Å². The normalized spacial score (nSPS) is 13.0. The number of carbonyl (C=O) groups is 3. The maximum Gasteiger partial charge on any atom is 0.419 e. The minimum absolute atomic E-state index is 0.00502. The van der Waals surface area contributed by atoms with E-state index in [1.54, 1.807) is 19.1 Å². The number of aromatic amines is 2. The molecule has 0 fully saturated rings. The number of aromatic nitrogens is 8. The second-order valence-corrected chi connectivity index (χ2v) is 16.4. The molecule has 8 aromatic rings. The van der Waals surface area contributed by atoms with Gasteiger partial charge >= 0.3 is 12.1 Å². The topological polar surface area (TPSA) is 228 Å². The van der Waals surface area contributed by atoms with Gasteiger partial charge in [0, 0.05) is 25.2 Å². The molecule has 0 saturated heterocycles. The summed E-state index contributed by atoms with van der Waals surface area (Å²) < 4.78 is 65.9. The molecule has 0 saturated carbocycles. The van der Waals surface area contributed by atoms with Crippen LogP contribution in [0.3, 0.4) is 0 Å². The van der Waals surface area contributed by atoms with Gasteiger partial charge in [-0.3, -0.25) is 19.8 Å². The zero-order valence-electron chi connectivity index (χ0n) is 36.8. The number of benzene rings is 4. The van der Waals surface area contributed by atoms with Crippen LogP contribution in [0.1, 0.15) is 93.9 Å². The minimum atomic E-state index is -4.83. The molecule has 22 heteroatoms. The number of anilines is 2. The zero-order valence-corrected chi connectivity index (χ0v) is 37.6. The average Bonchev–Trinajstić information content (AvgIpc) is 4.08. The molecular weight excluding hydrogens is 939 g/mol. The fourth-order valence-electron chi connectivity index (χ4n) is 7.94. The predicted molar refractivity (Wildman–Crippen MR) is 248 cm³/mol. The van der Waals surface area contributed by atoms with Crippen LogP contribution < -0.4 is 21.3 Å². The summed E-state index contributed by atoms with van der Waals surface area (Å²) in [4.78, 5) is 53.8. The van der Waals surface area contributed by atoms with Gasteiger partial charge in [0.05, 0.1) is 22.2 Å².